The van der Waals surface area contributed by atoms with Gasteiger partial charge in [0.15, 0.2) is 6.10 Å². The molecule has 1 aliphatic rings. The van der Waals surface area contributed by atoms with Crippen molar-refractivity contribution in [2.45, 2.75) is 12.2 Å². The highest BCUT2D eigenvalue weighted by molar-refractivity contribution is 5.92. The van der Waals surface area contributed by atoms with Gasteiger partial charge < -0.3 is 20.1 Å². The van der Waals surface area contributed by atoms with Crippen LogP contribution in [0.4, 0.5) is 0 Å². The molecule has 0 amide bonds. The van der Waals surface area contributed by atoms with Crippen molar-refractivity contribution >= 4 is 5.97 Å². The minimum atomic E-state index is -1.04. The zero-order valence-electron chi connectivity index (χ0n) is 8.61. The molecule has 88 valence electrons. The smallest absolute Gasteiger partial charge is 0.337 e. The van der Waals surface area contributed by atoms with Gasteiger partial charge in [-0.1, -0.05) is 18.2 Å². The molecular formula is C11H14O5. The Balaban J connectivity index is 2.74. The lowest BCUT2D eigenvalue weighted by Crippen LogP contribution is -2.19. The highest BCUT2D eigenvalue weighted by Crippen LogP contribution is 2.22. The zero-order valence-corrected chi connectivity index (χ0v) is 8.61. The summed E-state index contributed by atoms with van der Waals surface area (Å²) in [5, 5.41) is 26.8. The van der Waals surface area contributed by atoms with E-state index in [1.807, 2.05) is 0 Å². The van der Waals surface area contributed by atoms with Crippen LogP contribution in [0.25, 0.3) is 0 Å². The van der Waals surface area contributed by atoms with Crippen molar-refractivity contribution in [2.24, 2.45) is 0 Å². The van der Waals surface area contributed by atoms with Crippen LogP contribution in [0.3, 0.4) is 0 Å². The molecule has 0 aromatic heterocycles. The first-order valence-corrected chi connectivity index (χ1v) is 4.85. The summed E-state index contributed by atoms with van der Waals surface area (Å²) in [7, 11) is 0. The number of hydrogen-bond acceptors (Lipinski definition) is 5. The normalized spacial score (nSPS) is 28.4. The number of aliphatic hydroxyl groups excluding tert-OH is 3. The summed E-state index contributed by atoms with van der Waals surface area (Å²) in [4.78, 5) is 11.3. The molecule has 1 fully saturated rings. The molecule has 0 saturated carbocycles. The molecule has 1 aliphatic heterocycles. The lowest BCUT2D eigenvalue weighted by atomic mass is 10.1. The monoisotopic (exact) mass is 226 g/mol. The predicted octanol–water partition coefficient (Wildman–Crippen LogP) is -0.704. The van der Waals surface area contributed by atoms with Gasteiger partial charge in [0.2, 0.25) is 0 Å². The fraction of sp³-hybridized carbons (Fsp3) is 0.364. The fourth-order valence-electron chi connectivity index (χ4n) is 1.29. The van der Waals surface area contributed by atoms with Crippen LogP contribution in [0.2, 0.25) is 0 Å². The molecule has 0 aromatic rings. The molecule has 0 aromatic carbocycles. The predicted molar refractivity (Wildman–Crippen MR) is 56.4 cm³/mol. The Morgan fingerprint density at radius 1 is 1.25 bits per heavy atom. The van der Waals surface area contributed by atoms with Crippen LogP contribution in [-0.2, 0) is 9.53 Å². The number of esters is 1. The Kier molecular flexibility index (Phi) is 4.91. The van der Waals surface area contributed by atoms with Gasteiger partial charge in [0.1, 0.15) is 6.10 Å². The number of allylic oxidation sites excluding steroid dienone is 2. The number of ether oxygens (including phenoxy) is 1. The third kappa shape index (κ3) is 3.03. The van der Waals surface area contributed by atoms with Gasteiger partial charge in [-0.05, 0) is 12.2 Å². The van der Waals surface area contributed by atoms with E-state index in [0.29, 0.717) is 0 Å². The van der Waals surface area contributed by atoms with Crippen molar-refractivity contribution < 1.29 is 24.9 Å². The molecule has 0 bridgehead atoms. The van der Waals surface area contributed by atoms with Gasteiger partial charge in [0.25, 0.3) is 0 Å². The van der Waals surface area contributed by atoms with E-state index in [2.05, 4.69) is 0 Å². The van der Waals surface area contributed by atoms with Gasteiger partial charge in [-0.15, -0.1) is 0 Å². The summed E-state index contributed by atoms with van der Waals surface area (Å²) in [5.41, 5.74) is 0.136. The van der Waals surface area contributed by atoms with E-state index in [4.69, 9.17) is 14.9 Å². The van der Waals surface area contributed by atoms with Gasteiger partial charge in [-0.3, -0.25) is 0 Å². The van der Waals surface area contributed by atoms with E-state index in [9.17, 15) is 9.90 Å². The topological polar surface area (TPSA) is 87.0 Å². The lowest BCUT2D eigenvalue weighted by Gasteiger charge is -2.06. The molecule has 3 N–H and O–H groups in total. The Hall–Kier alpha value is -1.43. The van der Waals surface area contributed by atoms with E-state index in [1.54, 1.807) is 0 Å². The average Bonchev–Trinajstić information content (AvgIpc) is 2.54. The number of carbonyl (C=O) groups excluding carboxylic acids is 1. The Labute approximate surface area is 93.0 Å². The van der Waals surface area contributed by atoms with Gasteiger partial charge in [-0.25, -0.2) is 4.79 Å². The van der Waals surface area contributed by atoms with Gasteiger partial charge in [-0.2, -0.15) is 0 Å². The molecule has 0 aliphatic carbocycles. The highest BCUT2D eigenvalue weighted by atomic mass is 16.6. The maximum absolute atomic E-state index is 11.3. The molecule has 0 radical (unpaired) electrons. The largest absolute Gasteiger partial charge is 0.452 e. The van der Waals surface area contributed by atoms with E-state index in [1.165, 1.54) is 30.4 Å². The van der Waals surface area contributed by atoms with Gasteiger partial charge in [0.05, 0.1) is 18.8 Å². The van der Waals surface area contributed by atoms with Crippen LogP contribution < -0.4 is 0 Å². The van der Waals surface area contributed by atoms with E-state index < -0.39 is 18.2 Å². The average molecular weight is 226 g/mol. The van der Waals surface area contributed by atoms with Crippen molar-refractivity contribution in [3.05, 3.63) is 36.0 Å². The van der Waals surface area contributed by atoms with Crippen molar-refractivity contribution in [3.63, 3.8) is 0 Å². The number of hydrogen-bond donors (Lipinski definition) is 3. The lowest BCUT2D eigenvalue weighted by molar-refractivity contribution is -0.137. The molecule has 2 unspecified atom stereocenters. The first kappa shape index (κ1) is 12.6. The fourth-order valence-corrected chi connectivity index (χ4v) is 1.29. The molecule has 5 nitrogen and oxygen atoms in total. The van der Waals surface area contributed by atoms with Crippen LogP contribution >= 0.6 is 0 Å². The second kappa shape index (κ2) is 6.22. The van der Waals surface area contributed by atoms with E-state index >= 15 is 0 Å². The maximum atomic E-state index is 11.3. The molecule has 0 spiro atoms. The maximum Gasteiger partial charge on any atom is 0.337 e. The zero-order chi connectivity index (χ0) is 12.0. The molecule has 2 atom stereocenters. The Bertz CT molecular complexity index is 329. The molecule has 1 heterocycles. The van der Waals surface area contributed by atoms with E-state index in [0.717, 1.165) is 0 Å². The minimum Gasteiger partial charge on any atom is -0.452 e. The van der Waals surface area contributed by atoms with Gasteiger partial charge in [0, 0.05) is 0 Å². The summed E-state index contributed by atoms with van der Waals surface area (Å²) >= 11 is 0. The summed E-state index contributed by atoms with van der Waals surface area (Å²) in [6.45, 7) is -0.313. The van der Waals surface area contributed by atoms with Gasteiger partial charge >= 0.3 is 5.97 Å². The summed E-state index contributed by atoms with van der Waals surface area (Å²) in [6, 6.07) is 0. The van der Waals surface area contributed by atoms with E-state index in [-0.39, 0.29) is 18.8 Å². The molecular weight excluding hydrogens is 212 g/mol. The summed E-state index contributed by atoms with van der Waals surface area (Å²) in [6.07, 6.45) is 5.33. The number of aliphatic hydroxyl groups is 3. The molecule has 1 rings (SSSR count). The molecule has 5 heteroatoms. The second-order valence-corrected chi connectivity index (χ2v) is 3.16. The molecule has 1 saturated heterocycles. The number of rotatable bonds is 4. The summed E-state index contributed by atoms with van der Waals surface area (Å²) in [5.74, 6) is -0.595. The minimum absolute atomic E-state index is 0.136. The SMILES string of the molecule is O=C1OC(C=CCO)C(O)C1=CC=CCO. The van der Waals surface area contributed by atoms with Crippen LogP contribution in [-0.4, -0.2) is 46.7 Å². The Morgan fingerprint density at radius 2 is 1.94 bits per heavy atom. The summed E-state index contributed by atoms with van der Waals surface area (Å²) < 4.78 is 4.87. The van der Waals surface area contributed by atoms with Crippen molar-refractivity contribution in [1.82, 2.24) is 0 Å². The van der Waals surface area contributed by atoms with Crippen LogP contribution in [0, 0.1) is 0 Å². The van der Waals surface area contributed by atoms with Crippen LogP contribution in [0.5, 0.6) is 0 Å². The van der Waals surface area contributed by atoms with Crippen molar-refractivity contribution in [2.75, 3.05) is 13.2 Å². The third-order valence-electron chi connectivity index (χ3n) is 2.06. The third-order valence-corrected chi connectivity index (χ3v) is 2.06. The first-order valence-electron chi connectivity index (χ1n) is 4.85. The van der Waals surface area contributed by atoms with Crippen LogP contribution in [0.1, 0.15) is 0 Å². The highest BCUT2D eigenvalue weighted by Gasteiger charge is 2.36. The quantitative estimate of drug-likeness (QED) is 0.335. The number of cyclic esters (lactones) is 1. The van der Waals surface area contributed by atoms with Crippen molar-refractivity contribution in [1.29, 1.82) is 0 Å². The standard InChI is InChI=1S/C11H14O5/c12-6-2-1-4-8-10(14)9(5-3-7-13)16-11(8)15/h1-5,9-10,12-14H,6-7H2. The number of carbonyl (C=O) groups is 1. The Morgan fingerprint density at radius 3 is 2.56 bits per heavy atom. The second-order valence-electron chi connectivity index (χ2n) is 3.16. The first-order chi connectivity index (χ1) is 7.70. The molecule has 16 heavy (non-hydrogen) atoms. The van der Waals surface area contributed by atoms with Crippen LogP contribution in [0.15, 0.2) is 36.0 Å². The van der Waals surface area contributed by atoms with Crippen molar-refractivity contribution in [3.8, 4) is 0 Å².